The molecule has 1 N–H and O–H groups in total. The SMILES string of the molecule is CCOC(=O)N1CCC(NC(=O)C2(c3ccc(Cl)cc3)CCCC2)CC1. The smallest absolute Gasteiger partial charge is 0.409 e. The minimum absolute atomic E-state index is 0.109. The van der Waals surface area contributed by atoms with Crippen molar-refractivity contribution in [1.29, 1.82) is 0 Å². The van der Waals surface area contributed by atoms with Crippen molar-refractivity contribution in [2.24, 2.45) is 0 Å². The number of halogens is 1. The predicted octanol–water partition coefficient (Wildman–Crippen LogP) is 3.89. The van der Waals surface area contributed by atoms with E-state index in [0.29, 0.717) is 24.7 Å². The summed E-state index contributed by atoms with van der Waals surface area (Å²) in [6.45, 7) is 3.44. The number of ether oxygens (including phenoxy) is 1. The van der Waals surface area contributed by atoms with Crippen molar-refractivity contribution in [1.82, 2.24) is 10.2 Å². The minimum Gasteiger partial charge on any atom is -0.450 e. The second-order valence-corrected chi connectivity index (χ2v) is 7.67. The topological polar surface area (TPSA) is 58.6 Å². The number of nitrogens with one attached hydrogen (secondary N) is 1. The van der Waals surface area contributed by atoms with Crippen molar-refractivity contribution in [2.45, 2.75) is 56.9 Å². The summed E-state index contributed by atoms with van der Waals surface area (Å²) in [6.07, 6.45) is 5.16. The van der Waals surface area contributed by atoms with Crippen LogP contribution in [-0.2, 0) is 14.9 Å². The number of amides is 2. The van der Waals surface area contributed by atoms with Crippen LogP contribution in [0.4, 0.5) is 4.79 Å². The van der Waals surface area contributed by atoms with E-state index < -0.39 is 5.41 Å². The molecule has 0 aromatic heterocycles. The van der Waals surface area contributed by atoms with Gasteiger partial charge in [-0.25, -0.2) is 4.79 Å². The second kappa shape index (κ2) is 8.30. The van der Waals surface area contributed by atoms with Gasteiger partial charge in [-0.05, 0) is 50.3 Å². The summed E-state index contributed by atoms with van der Waals surface area (Å²) >= 11 is 6.02. The molecule has 3 rings (SSSR count). The first-order chi connectivity index (χ1) is 12.5. The van der Waals surface area contributed by atoms with E-state index in [1.165, 1.54) is 0 Å². The van der Waals surface area contributed by atoms with Gasteiger partial charge in [-0.1, -0.05) is 36.6 Å². The van der Waals surface area contributed by atoms with E-state index in [1.807, 2.05) is 31.2 Å². The molecule has 1 aromatic rings. The summed E-state index contributed by atoms with van der Waals surface area (Å²) in [5.41, 5.74) is 0.615. The van der Waals surface area contributed by atoms with Crippen molar-refractivity contribution < 1.29 is 14.3 Å². The fourth-order valence-electron chi connectivity index (χ4n) is 4.14. The molecule has 6 heteroatoms. The number of carbonyl (C=O) groups excluding carboxylic acids is 2. The van der Waals surface area contributed by atoms with Crippen molar-refractivity contribution in [3.8, 4) is 0 Å². The van der Waals surface area contributed by atoms with Crippen LogP contribution in [-0.4, -0.2) is 42.6 Å². The lowest BCUT2D eigenvalue weighted by molar-refractivity contribution is -0.127. The molecule has 1 aromatic carbocycles. The van der Waals surface area contributed by atoms with Crippen LogP contribution in [0.25, 0.3) is 0 Å². The fraction of sp³-hybridized carbons (Fsp3) is 0.600. The first-order valence-electron chi connectivity index (χ1n) is 9.54. The number of rotatable bonds is 4. The molecular formula is C20H27ClN2O3. The van der Waals surface area contributed by atoms with Gasteiger partial charge in [-0.15, -0.1) is 0 Å². The number of likely N-dealkylation sites (tertiary alicyclic amines) is 1. The quantitative estimate of drug-likeness (QED) is 0.864. The lowest BCUT2D eigenvalue weighted by atomic mass is 9.77. The van der Waals surface area contributed by atoms with Gasteiger partial charge < -0.3 is 15.0 Å². The summed E-state index contributed by atoms with van der Waals surface area (Å²) < 4.78 is 5.05. The zero-order chi connectivity index (χ0) is 18.6. The van der Waals surface area contributed by atoms with E-state index >= 15 is 0 Å². The Morgan fingerprint density at radius 1 is 1.19 bits per heavy atom. The molecule has 2 fully saturated rings. The lowest BCUT2D eigenvalue weighted by Crippen LogP contribution is -2.51. The zero-order valence-corrected chi connectivity index (χ0v) is 16.1. The van der Waals surface area contributed by atoms with E-state index in [2.05, 4.69) is 5.32 Å². The summed E-state index contributed by atoms with van der Waals surface area (Å²) in [7, 11) is 0. The monoisotopic (exact) mass is 378 g/mol. The average Bonchev–Trinajstić information content (AvgIpc) is 3.14. The maximum absolute atomic E-state index is 13.2. The van der Waals surface area contributed by atoms with Crippen LogP contribution in [0.2, 0.25) is 5.02 Å². The highest BCUT2D eigenvalue weighted by atomic mass is 35.5. The first kappa shape index (κ1) is 19.0. The molecule has 0 bridgehead atoms. The van der Waals surface area contributed by atoms with Crippen LogP contribution in [0, 0.1) is 0 Å². The van der Waals surface area contributed by atoms with Crippen LogP contribution in [0.1, 0.15) is 51.0 Å². The highest BCUT2D eigenvalue weighted by Crippen LogP contribution is 2.42. The Labute approximate surface area is 160 Å². The van der Waals surface area contributed by atoms with Gasteiger partial charge in [0.05, 0.1) is 12.0 Å². The van der Waals surface area contributed by atoms with Crippen LogP contribution < -0.4 is 5.32 Å². The summed E-state index contributed by atoms with van der Waals surface area (Å²) in [4.78, 5) is 26.7. The number of hydrogen-bond donors (Lipinski definition) is 1. The van der Waals surface area contributed by atoms with E-state index in [-0.39, 0.29) is 18.0 Å². The lowest BCUT2D eigenvalue weighted by Gasteiger charge is -2.35. The highest BCUT2D eigenvalue weighted by molar-refractivity contribution is 6.30. The molecule has 0 radical (unpaired) electrons. The number of carbonyl (C=O) groups is 2. The van der Waals surface area contributed by atoms with Crippen LogP contribution in [0.15, 0.2) is 24.3 Å². The van der Waals surface area contributed by atoms with Crippen LogP contribution in [0.5, 0.6) is 0 Å². The maximum atomic E-state index is 13.2. The molecule has 1 aliphatic carbocycles. The minimum atomic E-state index is -0.442. The molecule has 0 unspecified atom stereocenters. The van der Waals surface area contributed by atoms with E-state index in [9.17, 15) is 9.59 Å². The number of piperidine rings is 1. The van der Waals surface area contributed by atoms with Gasteiger partial charge in [0.1, 0.15) is 0 Å². The molecule has 1 saturated carbocycles. The molecule has 142 valence electrons. The fourth-order valence-corrected chi connectivity index (χ4v) is 4.27. The Morgan fingerprint density at radius 3 is 2.38 bits per heavy atom. The first-order valence-corrected chi connectivity index (χ1v) is 9.91. The van der Waals surface area contributed by atoms with Gasteiger partial charge in [0.25, 0.3) is 0 Å². The predicted molar refractivity (Wildman–Crippen MR) is 101 cm³/mol. The van der Waals surface area contributed by atoms with Gasteiger partial charge in [0.2, 0.25) is 5.91 Å². The van der Waals surface area contributed by atoms with Crippen LogP contribution in [0.3, 0.4) is 0 Å². The van der Waals surface area contributed by atoms with Crippen molar-refractivity contribution in [2.75, 3.05) is 19.7 Å². The van der Waals surface area contributed by atoms with Crippen LogP contribution >= 0.6 is 11.6 Å². The van der Waals surface area contributed by atoms with Gasteiger partial charge >= 0.3 is 6.09 Å². The summed E-state index contributed by atoms with van der Waals surface area (Å²) in [6, 6.07) is 7.80. The molecule has 1 aliphatic heterocycles. The molecule has 26 heavy (non-hydrogen) atoms. The molecule has 1 heterocycles. The Balaban J connectivity index is 1.63. The third-order valence-electron chi connectivity index (χ3n) is 5.64. The van der Waals surface area contributed by atoms with Crippen molar-refractivity contribution in [3.05, 3.63) is 34.9 Å². The largest absolute Gasteiger partial charge is 0.450 e. The normalized spacial score (nSPS) is 20.0. The van der Waals surface area contributed by atoms with Gasteiger partial charge in [0, 0.05) is 24.2 Å². The van der Waals surface area contributed by atoms with Gasteiger partial charge in [-0.3, -0.25) is 4.79 Å². The molecular weight excluding hydrogens is 352 g/mol. The van der Waals surface area contributed by atoms with Gasteiger partial charge in [-0.2, -0.15) is 0 Å². The summed E-state index contributed by atoms with van der Waals surface area (Å²) in [5.74, 6) is 0.118. The second-order valence-electron chi connectivity index (χ2n) is 7.23. The molecule has 0 spiro atoms. The zero-order valence-electron chi connectivity index (χ0n) is 15.3. The molecule has 5 nitrogen and oxygen atoms in total. The molecule has 2 aliphatic rings. The molecule has 2 amide bonds. The Morgan fingerprint density at radius 2 is 1.81 bits per heavy atom. The maximum Gasteiger partial charge on any atom is 0.409 e. The third-order valence-corrected chi connectivity index (χ3v) is 5.90. The van der Waals surface area contributed by atoms with Crippen molar-refractivity contribution >= 4 is 23.6 Å². The Kier molecular flexibility index (Phi) is 6.07. The molecule has 0 atom stereocenters. The highest BCUT2D eigenvalue weighted by Gasteiger charge is 2.43. The number of benzene rings is 1. The number of nitrogens with zero attached hydrogens (tertiary/aromatic N) is 1. The summed E-state index contributed by atoms with van der Waals surface area (Å²) in [5, 5.41) is 3.94. The standard InChI is InChI=1S/C20H27ClN2O3/c1-2-26-19(25)23-13-9-17(10-14-23)22-18(24)20(11-3-4-12-20)15-5-7-16(21)8-6-15/h5-8,17H,2-4,9-14H2,1H3,(H,22,24). The van der Waals surface area contributed by atoms with Crippen molar-refractivity contribution in [3.63, 3.8) is 0 Å². The Hall–Kier alpha value is -1.75. The van der Waals surface area contributed by atoms with Gasteiger partial charge in [0.15, 0.2) is 0 Å². The Bertz CT molecular complexity index is 633. The average molecular weight is 379 g/mol. The number of hydrogen-bond acceptors (Lipinski definition) is 3. The van der Waals surface area contributed by atoms with E-state index in [0.717, 1.165) is 44.1 Å². The van der Waals surface area contributed by atoms with E-state index in [1.54, 1.807) is 4.90 Å². The van der Waals surface area contributed by atoms with E-state index in [4.69, 9.17) is 16.3 Å². The third kappa shape index (κ3) is 3.98. The molecule has 1 saturated heterocycles.